The van der Waals surface area contributed by atoms with Crippen LogP contribution in [-0.4, -0.2) is 11.2 Å². The molecule has 0 aromatic heterocycles. The Balaban J connectivity index is 2.15. The monoisotopic (exact) mass is 262 g/mol. The van der Waals surface area contributed by atoms with Crippen LogP contribution < -0.4 is 4.74 Å². The number of rotatable bonds is 4. The summed E-state index contributed by atoms with van der Waals surface area (Å²) in [4.78, 5) is 0. The molecular formula is C17H26O2. The second kappa shape index (κ2) is 6.42. The van der Waals surface area contributed by atoms with E-state index in [1.54, 1.807) is 0 Å². The summed E-state index contributed by atoms with van der Waals surface area (Å²) in [5, 5.41) is 10.7. The van der Waals surface area contributed by atoms with Crippen molar-refractivity contribution in [1.29, 1.82) is 0 Å². The summed E-state index contributed by atoms with van der Waals surface area (Å²) in [7, 11) is 0. The van der Waals surface area contributed by atoms with Crippen molar-refractivity contribution in [2.24, 2.45) is 11.8 Å². The fourth-order valence-electron chi connectivity index (χ4n) is 3.11. The Morgan fingerprint density at radius 2 is 1.95 bits per heavy atom. The first-order valence-electron chi connectivity index (χ1n) is 7.51. The molecule has 3 atom stereocenters. The van der Waals surface area contributed by atoms with Crippen LogP contribution in [0.3, 0.4) is 0 Å². The van der Waals surface area contributed by atoms with Crippen LogP contribution in [-0.2, 0) is 0 Å². The Bertz CT molecular complexity index is 400. The lowest BCUT2D eigenvalue weighted by atomic mass is 9.78. The normalized spacial score (nSPS) is 25.3. The molecule has 106 valence electrons. The zero-order valence-corrected chi connectivity index (χ0v) is 12.3. The number of aliphatic hydroxyl groups excluding tert-OH is 1. The van der Waals surface area contributed by atoms with E-state index in [-0.39, 0.29) is 6.10 Å². The number of aliphatic hydroxyl groups is 1. The zero-order valence-electron chi connectivity index (χ0n) is 12.3. The molecule has 2 nitrogen and oxygen atoms in total. The highest BCUT2D eigenvalue weighted by molar-refractivity contribution is 5.35. The molecule has 2 rings (SSSR count). The van der Waals surface area contributed by atoms with Gasteiger partial charge >= 0.3 is 0 Å². The fraction of sp³-hybridized carbons (Fsp3) is 0.647. The van der Waals surface area contributed by atoms with Gasteiger partial charge in [-0.1, -0.05) is 38.0 Å². The summed E-state index contributed by atoms with van der Waals surface area (Å²) in [6.07, 6.45) is 4.53. The molecular weight excluding hydrogens is 236 g/mol. The van der Waals surface area contributed by atoms with E-state index in [9.17, 15) is 5.11 Å². The van der Waals surface area contributed by atoms with Crippen LogP contribution in [0.2, 0.25) is 0 Å². The maximum absolute atomic E-state index is 10.7. The summed E-state index contributed by atoms with van der Waals surface area (Å²) < 4.78 is 5.82. The number of hydrogen-bond donors (Lipinski definition) is 1. The Morgan fingerprint density at radius 3 is 2.63 bits per heavy atom. The van der Waals surface area contributed by atoms with Crippen LogP contribution in [0.4, 0.5) is 0 Å². The van der Waals surface area contributed by atoms with Gasteiger partial charge in [-0.2, -0.15) is 0 Å². The van der Waals surface area contributed by atoms with E-state index in [1.807, 2.05) is 38.1 Å². The van der Waals surface area contributed by atoms with Crippen molar-refractivity contribution in [2.75, 3.05) is 0 Å². The first kappa shape index (κ1) is 14.4. The fourth-order valence-corrected chi connectivity index (χ4v) is 3.11. The highest BCUT2D eigenvalue weighted by Gasteiger charge is 2.28. The van der Waals surface area contributed by atoms with E-state index in [1.165, 1.54) is 12.8 Å². The summed E-state index contributed by atoms with van der Waals surface area (Å²) in [6, 6.07) is 7.92. The van der Waals surface area contributed by atoms with Crippen molar-refractivity contribution in [3.63, 3.8) is 0 Å². The number of hydrogen-bond acceptors (Lipinski definition) is 2. The topological polar surface area (TPSA) is 29.5 Å². The first-order valence-corrected chi connectivity index (χ1v) is 7.51. The maximum atomic E-state index is 10.7. The molecule has 1 aliphatic rings. The molecule has 0 heterocycles. The van der Waals surface area contributed by atoms with Crippen molar-refractivity contribution in [3.8, 4) is 5.75 Å². The highest BCUT2D eigenvalue weighted by atomic mass is 16.5. The molecule has 1 aliphatic carbocycles. The maximum Gasteiger partial charge on any atom is 0.125 e. The van der Waals surface area contributed by atoms with Crippen LogP contribution in [0.15, 0.2) is 24.3 Å². The third kappa shape index (κ3) is 3.73. The second-order valence-corrected chi connectivity index (χ2v) is 6.18. The summed E-state index contributed by atoms with van der Waals surface area (Å²) in [5.74, 6) is 1.94. The van der Waals surface area contributed by atoms with Gasteiger partial charge in [-0.3, -0.25) is 0 Å². The quantitative estimate of drug-likeness (QED) is 0.875. The molecule has 1 N–H and O–H groups in total. The Hall–Kier alpha value is -1.02. The van der Waals surface area contributed by atoms with Crippen molar-refractivity contribution < 1.29 is 9.84 Å². The minimum absolute atomic E-state index is 0.138. The Kier molecular flexibility index (Phi) is 4.87. The lowest BCUT2D eigenvalue weighted by Crippen LogP contribution is -2.21. The van der Waals surface area contributed by atoms with Gasteiger partial charge in [0.2, 0.25) is 0 Å². The lowest BCUT2D eigenvalue weighted by molar-refractivity contribution is 0.0676. The van der Waals surface area contributed by atoms with Gasteiger partial charge in [-0.15, -0.1) is 0 Å². The molecule has 3 unspecified atom stereocenters. The van der Waals surface area contributed by atoms with Crippen molar-refractivity contribution in [1.82, 2.24) is 0 Å². The van der Waals surface area contributed by atoms with Gasteiger partial charge in [-0.05, 0) is 44.6 Å². The molecule has 0 aliphatic heterocycles. The summed E-state index contributed by atoms with van der Waals surface area (Å²) in [5.41, 5.74) is 0.954. The average Bonchev–Trinajstić information content (AvgIpc) is 2.38. The van der Waals surface area contributed by atoms with Gasteiger partial charge in [-0.25, -0.2) is 0 Å². The Morgan fingerprint density at radius 1 is 1.21 bits per heavy atom. The van der Waals surface area contributed by atoms with E-state index >= 15 is 0 Å². The van der Waals surface area contributed by atoms with Crippen molar-refractivity contribution in [3.05, 3.63) is 29.8 Å². The average molecular weight is 262 g/mol. The summed E-state index contributed by atoms with van der Waals surface area (Å²) in [6.45, 7) is 6.33. The zero-order chi connectivity index (χ0) is 13.8. The van der Waals surface area contributed by atoms with Crippen LogP contribution in [0.25, 0.3) is 0 Å². The van der Waals surface area contributed by atoms with Crippen LogP contribution in [0.5, 0.6) is 5.75 Å². The largest absolute Gasteiger partial charge is 0.491 e. The van der Waals surface area contributed by atoms with Crippen LogP contribution >= 0.6 is 0 Å². The number of para-hydroxylation sites is 1. The molecule has 1 aromatic carbocycles. The molecule has 2 heteroatoms. The van der Waals surface area contributed by atoms with Crippen molar-refractivity contribution >= 4 is 0 Å². The molecule has 19 heavy (non-hydrogen) atoms. The molecule has 0 amide bonds. The molecule has 1 aromatic rings. The van der Waals surface area contributed by atoms with Crippen molar-refractivity contribution in [2.45, 2.75) is 58.7 Å². The van der Waals surface area contributed by atoms with E-state index in [4.69, 9.17) is 4.74 Å². The first-order chi connectivity index (χ1) is 9.08. The predicted octanol–water partition coefficient (Wildman–Crippen LogP) is 4.33. The highest BCUT2D eigenvalue weighted by Crippen LogP contribution is 2.39. The van der Waals surface area contributed by atoms with Gasteiger partial charge in [0.05, 0.1) is 12.2 Å². The molecule has 1 saturated carbocycles. The number of ether oxygens (including phenoxy) is 1. The Labute approximate surface area is 116 Å². The molecule has 0 radical (unpaired) electrons. The third-order valence-electron chi connectivity index (χ3n) is 4.02. The van der Waals surface area contributed by atoms with Crippen LogP contribution in [0.1, 0.15) is 58.1 Å². The molecule has 0 saturated heterocycles. The summed E-state index contributed by atoms with van der Waals surface area (Å²) >= 11 is 0. The smallest absolute Gasteiger partial charge is 0.125 e. The molecule has 1 fully saturated rings. The minimum atomic E-state index is -0.391. The van der Waals surface area contributed by atoms with E-state index in [0.717, 1.165) is 30.1 Å². The third-order valence-corrected chi connectivity index (χ3v) is 4.02. The number of benzene rings is 1. The van der Waals surface area contributed by atoms with Gasteiger partial charge in [0.25, 0.3) is 0 Å². The van der Waals surface area contributed by atoms with E-state index in [0.29, 0.717) is 5.92 Å². The van der Waals surface area contributed by atoms with Gasteiger partial charge in [0.1, 0.15) is 5.75 Å². The predicted molar refractivity (Wildman–Crippen MR) is 78.3 cm³/mol. The van der Waals surface area contributed by atoms with Gasteiger partial charge < -0.3 is 9.84 Å². The molecule has 0 bridgehead atoms. The van der Waals surface area contributed by atoms with E-state index in [2.05, 4.69) is 6.92 Å². The van der Waals surface area contributed by atoms with Gasteiger partial charge in [0.15, 0.2) is 0 Å². The van der Waals surface area contributed by atoms with Crippen LogP contribution in [0, 0.1) is 11.8 Å². The van der Waals surface area contributed by atoms with E-state index < -0.39 is 6.10 Å². The lowest BCUT2D eigenvalue weighted by Gasteiger charge is -2.31. The SMILES string of the molecule is CC1CCCC(C(O)c2ccccc2OC(C)C)C1. The minimum Gasteiger partial charge on any atom is -0.491 e. The standard InChI is InChI=1S/C17H26O2/c1-12(2)19-16-10-5-4-9-15(16)17(18)14-8-6-7-13(3)11-14/h4-5,9-10,12-14,17-18H,6-8,11H2,1-3H3. The van der Waals surface area contributed by atoms with Gasteiger partial charge in [0, 0.05) is 5.56 Å². The second-order valence-electron chi connectivity index (χ2n) is 6.18. The molecule has 0 spiro atoms.